The minimum atomic E-state index is -0.625. The van der Waals surface area contributed by atoms with Crippen LogP contribution in [0.2, 0.25) is 0 Å². The molecule has 0 radical (unpaired) electrons. The molecule has 3 heterocycles. The van der Waals surface area contributed by atoms with E-state index in [1.54, 1.807) is 17.6 Å². The van der Waals surface area contributed by atoms with Gasteiger partial charge in [0.25, 0.3) is 5.56 Å². The van der Waals surface area contributed by atoms with Crippen LogP contribution in [0.1, 0.15) is 30.0 Å². The Morgan fingerprint density at radius 3 is 2.70 bits per heavy atom. The summed E-state index contributed by atoms with van der Waals surface area (Å²) in [5.41, 5.74) is 1.44. The molecule has 3 aromatic rings. The number of carbonyl (C=O) groups excluding carboxylic acids is 1. The second-order valence-electron chi connectivity index (χ2n) is 6.83. The van der Waals surface area contributed by atoms with Crippen LogP contribution in [0.25, 0.3) is 6.08 Å². The number of nitrogens with zero attached hydrogens (tertiary/aromatic N) is 2. The van der Waals surface area contributed by atoms with Crippen molar-refractivity contribution in [3.8, 4) is 0 Å². The number of fused-ring (bicyclic) bond motifs is 1. The van der Waals surface area contributed by atoms with Gasteiger partial charge in [-0.15, -0.1) is 0 Å². The lowest BCUT2D eigenvalue weighted by atomic mass is 9.96. The average molecular weight is 420 g/mol. The van der Waals surface area contributed by atoms with Crippen molar-refractivity contribution in [3.63, 3.8) is 0 Å². The van der Waals surface area contributed by atoms with Crippen molar-refractivity contribution in [1.82, 2.24) is 4.57 Å². The lowest BCUT2D eigenvalue weighted by molar-refractivity contribution is -0.138. The Labute approximate surface area is 176 Å². The number of furan rings is 1. The van der Waals surface area contributed by atoms with E-state index in [-0.39, 0.29) is 12.2 Å². The first-order chi connectivity index (χ1) is 14.5. The van der Waals surface area contributed by atoms with Gasteiger partial charge in [-0.3, -0.25) is 9.36 Å². The van der Waals surface area contributed by atoms with Gasteiger partial charge < -0.3 is 9.15 Å². The number of aromatic nitrogens is 1. The highest BCUT2D eigenvalue weighted by molar-refractivity contribution is 7.07. The Bertz CT molecular complexity index is 1330. The molecule has 1 aliphatic heterocycles. The van der Waals surface area contributed by atoms with Crippen molar-refractivity contribution in [1.29, 1.82) is 0 Å². The van der Waals surface area contributed by atoms with Crippen LogP contribution in [0.4, 0.5) is 0 Å². The third kappa shape index (κ3) is 3.59. The van der Waals surface area contributed by atoms with Crippen LogP contribution >= 0.6 is 11.3 Å². The van der Waals surface area contributed by atoms with Gasteiger partial charge in [-0.2, -0.15) is 0 Å². The van der Waals surface area contributed by atoms with E-state index < -0.39 is 12.0 Å². The summed E-state index contributed by atoms with van der Waals surface area (Å²) in [6.07, 6.45) is 3.21. The second kappa shape index (κ2) is 8.12. The van der Waals surface area contributed by atoms with Gasteiger partial charge in [0.1, 0.15) is 18.1 Å². The van der Waals surface area contributed by atoms with E-state index in [0.717, 1.165) is 11.3 Å². The number of benzene rings is 1. The molecule has 1 aliphatic rings. The molecule has 0 spiro atoms. The van der Waals surface area contributed by atoms with Crippen LogP contribution in [-0.4, -0.2) is 17.1 Å². The zero-order chi connectivity index (χ0) is 21.3. The molecule has 6 nitrogen and oxygen atoms in total. The highest BCUT2D eigenvalue weighted by Crippen LogP contribution is 2.30. The summed E-state index contributed by atoms with van der Waals surface area (Å²) in [4.78, 5) is 31.3. The first-order valence-electron chi connectivity index (χ1n) is 9.41. The molecule has 4 rings (SSSR count). The maximum absolute atomic E-state index is 13.3. The van der Waals surface area contributed by atoms with E-state index >= 15 is 0 Å². The Kier molecular flexibility index (Phi) is 5.37. The van der Waals surface area contributed by atoms with Gasteiger partial charge in [-0.05, 0) is 31.5 Å². The first-order valence-corrected chi connectivity index (χ1v) is 10.2. The van der Waals surface area contributed by atoms with Crippen LogP contribution in [-0.2, 0) is 9.53 Å². The highest BCUT2D eigenvalue weighted by atomic mass is 32.1. The van der Waals surface area contributed by atoms with E-state index in [4.69, 9.17) is 9.15 Å². The number of ether oxygens (including phenoxy) is 1. The Hall–Kier alpha value is -3.45. The van der Waals surface area contributed by atoms with E-state index in [1.807, 2.05) is 49.4 Å². The minimum absolute atomic E-state index is 0.0827. The van der Waals surface area contributed by atoms with Gasteiger partial charge >= 0.3 is 5.97 Å². The molecule has 0 saturated carbocycles. The van der Waals surface area contributed by atoms with E-state index in [2.05, 4.69) is 11.6 Å². The van der Waals surface area contributed by atoms with E-state index in [9.17, 15) is 9.59 Å². The van der Waals surface area contributed by atoms with Gasteiger partial charge in [0.15, 0.2) is 4.80 Å². The normalized spacial score (nSPS) is 16.2. The summed E-state index contributed by atoms with van der Waals surface area (Å²) in [7, 11) is 0. The van der Waals surface area contributed by atoms with Crippen LogP contribution < -0.4 is 14.9 Å². The van der Waals surface area contributed by atoms with Crippen LogP contribution in [0.15, 0.2) is 80.6 Å². The summed E-state index contributed by atoms with van der Waals surface area (Å²) in [6, 6.07) is 12.4. The molecule has 2 aromatic heterocycles. The lowest BCUT2D eigenvalue weighted by Gasteiger charge is -2.24. The smallest absolute Gasteiger partial charge is 0.338 e. The summed E-state index contributed by atoms with van der Waals surface area (Å²) >= 11 is 1.27. The maximum atomic E-state index is 13.3. The summed E-state index contributed by atoms with van der Waals surface area (Å²) in [5, 5.41) is 0. The molecule has 0 N–H and O–H groups in total. The maximum Gasteiger partial charge on any atom is 0.338 e. The number of aryl methyl sites for hydroxylation is 1. The molecule has 7 heteroatoms. The zero-order valence-electron chi connectivity index (χ0n) is 16.6. The predicted molar refractivity (Wildman–Crippen MR) is 115 cm³/mol. The Morgan fingerprint density at radius 1 is 1.27 bits per heavy atom. The minimum Gasteiger partial charge on any atom is -0.462 e. The number of allylic oxidation sites excluding steroid dienone is 1. The molecular weight excluding hydrogens is 400 g/mol. The molecule has 0 fully saturated rings. The Balaban J connectivity index is 1.93. The SMILES string of the molecule is C=CCOC(=O)C1=C(C)N=c2s/c(=C/c3ccc(C)o3)c(=O)n2C1c1ccccc1. The van der Waals surface area contributed by atoms with Crippen molar-refractivity contribution >= 4 is 23.4 Å². The van der Waals surface area contributed by atoms with Crippen molar-refractivity contribution < 1.29 is 13.9 Å². The molecule has 0 saturated heterocycles. The third-order valence-electron chi connectivity index (χ3n) is 4.72. The first kappa shape index (κ1) is 19.8. The van der Waals surface area contributed by atoms with Gasteiger partial charge in [-0.1, -0.05) is 54.3 Å². The molecule has 0 bridgehead atoms. The number of thiazole rings is 1. The highest BCUT2D eigenvalue weighted by Gasteiger charge is 2.33. The molecule has 1 unspecified atom stereocenters. The van der Waals surface area contributed by atoms with Gasteiger partial charge in [0.2, 0.25) is 0 Å². The van der Waals surface area contributed by atoms with Crippen LogP contribution in [0.3, 0.4) is 0 Å². The Morgan fingerprint density at radius 2 is 2.03 bits per heavy atom. The predicted octanol–water partition coefficient (Wildman–Crippen LogP) is 2.87. The molecule has 152 valence electrons. The van der Waals surface area contributed by atoms with Crippen molar-refractivity contribution in [3.05, 3.63) is 103 Å². The monoisotopic (exact) mass is 420 g/mol. The fraction of sp³-hybridized carbons (Fsp3) is 0.174. The molecule has 1 aromatic carbocycles. The molecular formula is C23H20N2O4S. The van der Waals surface area contributed by atoms with E-state index in [0.29, 0.717) is 26.4 Å². The molecule has 0 aliphatic carbocycles. The largest absolute Gasteiger partial charge is 0.462 e. The van der Waals surface area contributed by atoms with Gasteiger partial charge in [0, 0.05) is 6.08 Å². The van der Waals surface area contributed by atoms with Gasteiger partial charge in [-0.25, -0.2) is 9.79 Å². The number of esters is 1. The van der Waals surface area contributed by atoms with Crippen molar-refractivity contribution in [2.24, 2.45) is 4.99 Å². The third-order valence-corrected chi connectivity index (χ3v) is 5.71. The van der Waals surface area contributed by atoms with Crippen molar-refractivity contribution in [2.75, 3.05) is 6.61 Å². The summed E-state index contributed by atoms with van der Waals surface area (Å²) in [5.74, 6) is 0.843. The average Bonchev–Trinajstić information content (AvgIpc) is 3.28. The summed E-state index contributed by atoms with van der Waals surface area (Å²) < 4.78 is 12.9. The topological polar surface area (TPSA) is 73.8 Å². The van der Waals surface area contributed by atoms with Crippen LogP contribution in [0, 0.1) is 6.92 Å². The number of carbonyl (C=O) groups is 1. The lowest BCUT2D eigenvalue weighted by Crippen LogP contribution is -2.39. The quantitative estimate of drug-likeness (QED) is 0.470. The number of rotatable bonds is 5. The molecule has 1 atom stereocenters. The number of hydrogen-bond donors (Lipinski definition) is 0. The molecule has 30 heavy (non-hydrogen) atoms. The van der Waals surface area contributed by atoms with E-state index in [1.165, 1.54) is 17.4 Å². The van der Waals surface area contributed by atoms with Crippen molar-refractivity contribution in [2.45, 2.75) is 19.9 Å². The fourth-order valence-electron chi connectivity index (χ4n) is 3.41. The fourth-order valence-corrected chi connectivity index (χ4v) is 4.43. The standard InChI is InChI=1S/C23H20N2O4S/c1-4-12-28-22(27)19-15(3)24-23-25(20(19)16-8-6-5-7-9-16)21(26)18(30-23)13-17-11-10-14(2)29-17/h4-11,13,20H,1,12H2,2-3H3/b18-13+. The molecule has 0 amide bonds. The summed E-state index contributed by atoms with van der Waals surface area (Å²) in [6.45, 7) is 7.27. The van der Waals surface area contributed by atoms with Gasteiger partial charge in [0.05, 0.1) is 21.8 Å². The zero-order valence-corrected chi connectivity index (χ0v) is 17.4. The van der Waals surface area contributed by atoms with Crippen LogP contribution in [0.5, 0.6) is 0 Å². The number of hydrogen-bond acceptors (Lipinski definition) is 6. The second-order valence-corrected chi connectivity index (χ2v) is 7.84.